The molecule has 2 aromatic carbocycles. The highest BCUT2D eigenvalue weighted by Gasteiger charge is 2.09. The monoisotopic (exact) mass is 320 g/mol. The number of aryl methyl sites for hydroxylation is 2. The molecule has 0 saturated carbocycles. The maximum Gasteiger partial charge on any atom is 0.195 e. The van der Waals surface area contributed by atoms with Crippen molar-refractivity contribution in [2.45, 2.75) is 24.8 Å². The highest BCUT2D eigenvalue weighted by molar-refractivity contribution is 7.98. The zero-order chi connectivity index (χ0) is 16.2. The number of hydrogen-bond donors (Lipinski definition) is 0. The Morgan fingerprint density at radius 1 is 1.13 bits per heavy atom. The third kappa shape index (κ3) is 3.43. The van der Waals surface area contributed by atoms with E-state index >= 15 is 0 Å². The second-order valence-electron chi connectivity index (χ2n) is 5.37. The Morgan fingerprint density at radius 2 is 1.91 bits per heavy atom. The standard InChI is InChI=1S/C18H16N4S/c1-13-3-8-17(14(2)9-13)22-12-20-21-18(22)23-11-16-6-4-15(10-19)5-7-16/h3-9,12H,11H2,1-2H3. The summed E-state index contributed by atoms with van der Waals surface area (Å²) in [7, 11) is 0. The summed E-state index contributed by atoms with van der Waals surface area (Å²) in [5, 5.41) is 18.0. The van der Waals surface area contributed by atoms with E-state index in [1.807, 2.05) is 28.8 Å². The first kappa shape index (κ1) is 15.3. The van der Waals surface area contributed by atoms with E-state index in [-0.39, 0.29) is 0 Å². The van der Waals surface area contributed by atoms with Crippen molar-refractivity contribution in [3.63, 3.8) is 0 Å². The summed E-state index contributed by atoms with van der Waals surface area (Å²) < 4.78 is 2.02. The molecule has 0 spiro atoms. The van der Waals surface area contributed by atoms with Gasteiger partial charge in [0.05, 0.1) is 17.3 Å². The number of aromatic nitrogens is 3. The third-order valence-corrected chi connectivity index (χ3v) is 4.59. The molecule has 0 fully saturated rings. The summed E-state index contributed by atoms with van der Waals surface area (Å²) in [6.45, 7) is 4.18. The number of rotatable bonds is 4. The topological polar surface area (TPSA) is 54.5 Å². The lowest BCUT2D eigenvalue weighted by Gasteiger charge is -2.10. The highest BCUT2D eigenvalue weighted by atomic mass is 32.2. The van der Waals surface area contributed by atoms with Gasteiger partial charge in [-0.2, -0.15) is 5.26 Å². The molecule has 23 heavy (non-hydrogen) atoms. The van der Waals surface area contributed by atoms with Gasteiger partial charge in [-0.05, 0) is 43.2 Å². The van der Waals surface area contributed by atoms with Crippen molar-refractivity contribution in [1.29, 1.82) is 5.26 Å². The van der Waals surface area contributed by atoms with Crippen LogP contribution in [0.4, 0.5) is 0 Å². The summed E-state index contributed by atoms with van der Waals surface area (Å²) in [5.74, 6) is 0.787. The van der Waals surface area contributed by atoms with Gasteiger partial charge in [0.2, 0.25) is 0 Å². The molecule has 0 unspecified atom stereocenters. The third-order valence-electron chi connectivity index (χ3n) is 3.58. The molecule has 0 atom stereocenters. The van der Waals surface area contributed by atoms with Gasteiger partial charge in [-0.15, -0.1) is 10.2 Å². The van der Waals surface area contributed by atoms with Crippen LogP contribution in [0, 0.1) is 25.2 Å². The molecule has 4 nitrogen and oxygen atoms in total. The fourth-order valence-corrected chi connectivity index (χ4v) is 3.26. The van der Waals surface area contributed by atoms with Gasteiger partial charge in [0, 0.05) is 5.75 Å². The minimum Gasteiger partial charge on any atom is -0.276 e. The molecule has 1 aromatic heterocycles. The van der Waals surface area contributed by atoms with Gasteiger partial charge in [0.1, 0.15) is 6.33 Å². The smallest absolute Gasteiger partial charge is 0.195 e. The van der Waals surface area contributed by atoms with Crippen LogP contribution in [0.5, 0.6) is 0 Å². The van der Waals surface area contributed by atoms with Crippen LogP contribution in [0.25, 0.3) is 5.69 Å². The van der Waals surface area contributed by atoms with E-state index < -0.39 is 0 Å². The number of thioether (sulfide) groups is 1. The van der Waals surface area contributed by atoms with E-state index in [9.17, 15) is 0 Å². The van der Waals surface area contributed by atoms with Crippen LogP contribution in [0.15, 0.2) is 53.9 Å². The number of nitriles is 1. The van der Waals surface area contributed by atoms with E-state index in [1.54, 1.807) is 18.1 Å². The molecule has 0 amide bonds. The quantitative estimate of drug-likeness (QED) is 0.681. The Kier molecular flexibility index (Phi) is 4.45. The fraction of sp³-hybridized carbons (Fsp3) is 0.167. The molecule has 0 N–H and O–H groups in total. The van der Waals surface area contributed by atoms with E-state index in [4.69, 9.17) is 5.26 Å². The molecular weight excluding hydrogens is 304 g/mol. The van der Waals surface area contributed by atoms with Crippen molar-refractivity contribution in [1.82, 2.24) is 14.8 Å². The Morgan fingerprint density at radius 3 is 2.61 bits per heavy atom. The predicted molar refractivity (Wildman–Crippen MR) is 91.6 cm³/mol. The SMILES string of the molecule is Cc1ccc(-n2cnnc2SCc2ccc(C#N)cc2)c(C)c1. The van der Waals surface area contributed by atoms with Crippen molar-refractivity contribution >= 4 is 11.8 Å². The summed E-state index contributed by atoms with van der Waals surface area (Å²) in [6.07, 6.45) is 1.75. The van der Waals surface area contributed by atoms with Crippen LogP contribution in [0.3, 0.4) is 0 Å². The lowest BCUT2D eigenvalue weighted by atomic mass is 10.1. The van der Waals surface area contributed by atoms with Crippen molar-refractivity contribution < 1.29 is 0 Å². The first-order valence-corrected chi connectivity index (χ1v) is 8.25. The Labute approximate surface area is 139 Å². The number of hydrogen-bond acceptors (Lipinski definition) is 4. The summed E-state index contributed by atoms with van der Waals surface area (Å²) in [4.78, 5) is 0. The van der Waals surface area contributed by atoms with E-state index in [0.29, 0.717) is 5.56 Å². The second kappa shape index (κ2) is 6.67. The van der Waals surface area contributed by atoms with Crippen LogP contribution < -0.4 is 0 Å². The van der Waals surface area contributed by atoms with Gasteiger partial charge < -0.3 is 0 Å². The molecule has 3 aromatic rings. The van der Waals surface area contributed by atoms with Gasteiger partial charge in [0.25, 0.3) is 0 Å². The average molecular weight is 320 g/mol. The van der Waals surface area contributed by atoms with Crippen molar-refractivity contribution in [2.24, 2.45) is 0 Å². The maximum atomic E-state index is 8.84. The lowest BCUT2D eigenvalue weighted by Crippen LogP contribution is -1.98. The Bertz CT molecular complexity index is 859. The van der Waals surface area contributed by atoms with Crippen LogP contribution in [0.1, 0.15) is 22.3 Å². The maximum absolute atomic E-state index is 8.84. The highest BCUT2D eigenvalue weighted by Crippen LogP contribution is 2.25. The number of benzene rings is 2. The molecule has 3 rings (SSSR count). The van der Waals surface area contributed by atoms with E-state index in [0.717, 1.165) is 22.2 Å². The molecule has 0 aliphatic rings. The molecule has 0 bridgehead atoms. The van der Waals surface area contributed by atoms with E-state index in [1.165, 1.54) is 11.1 Å². The fourth-order valence-electron chi connectivity index (χ4n) is 2.39. The minimum absolute atomic E-state index is 0.678. The predicted octanol–water partition coefficient (Wildman–Crippen LogP) is 4.05. The van der Waals surface area contributed by atoms with Crippen LogP contribution in [0.2, 0.25) is 0 Å². The summed E-state index contributed by atoms with van der Waals surface area (Å²) in [5.41, 5.74) is 5.38. The molecule has 1 heterocycles. The Hall–Kier alpha value is -2.58. The van der Waals surface area contributed by atoms with Crippen LogP contribution >= 0.6 is 11.8 Å². The average Bonchev–Trinajstić information content (AvgIpc) is 3.01. The zero-order valence-corrected chi connectivity index (χ0v) is 13.8. The van der Waals surface area contributed by atoms with Gasteiger partial charge in [-0.1, -0.05) is 41.6 Å². The van der Waals surface area contributed by atoms with E-state index in [2.05, 4.69) is 48.3 Å². The van der Waals surface area contributed by atoms with Gasteiger partial charge in [0.15, 0.2) is 5.16 Å². The normalized spacial score (nSPS) is 10.5. The lowest BCUT2D eigenvalue weighted by molar-refractivity contribution is 0.877. The van der Waals surface area contributed by atoms with Gasteiger partial charge >= 0.3 is 0 Å². The molecule has 0 saturated heterocycles. The van der Waals surface area contributed by atoms with Crippen LogP contribution in [-0.4, -0.2) is 14.8 Å². The van der Waals surface area contributed by atoms with Crippen molar-refractivity contribution in [3.8, 4) is 11.8 Å². The molecular formula is C18H16N4S. The van der Waals surface area contributed by atoms with Crippen molar-refractivity contribution in [3.05, 3.63) is 71.0 Å². The number of nitrogens with zero attached hydrogens (tertiary/aromatic N) is 4. The largest absolute Gasteiger partial charge is 0.276 e. The van der Waals surface area contributed by atoms with Crippen molar-refractivity contribution in [2.75, 3.05) is 0 Å². The molecule has 0 aliphatic carbocycles. The molecule has 0 radical (unpaired) electrons. The summed E-state index contributed by atoms with van der Waals surface area (Å²) >= 11 is 1.63. The first-order chi connectivity index (χ1) is 11.2. The molecule has 114 valence electrons. The van der Waals surface area contributed by atoms with Gasteiger partial charge in [-0.3, -0.25) is 4.57 Å². The molecule has 0 aliphatic heterocycles. The zero-order valence-electron chi connectivity index (χ0n) is 13.0. The molecule has 5 heteroatoms. The summed E-state index contributed by atoms with van der Waals surface area (Å²) in [6, 6.07) is 16.1. The Balaban J connectivity index is 1.79. The van der Waals surface area contributed by atoms with Gasteiger partial charge in [-0.25, -0.2) is 0 Å². The minimum atomic E-state index is 0.678. The first-order valence-electron chi connectivity index (χ1n) is 7.27. The second-order valence-corrected chi connectivity index (χ2v) is 6.31. The van der Waals surface area contributed by atoms with Crippen LogP contribution in [-0.2, 0) is 5.75 Å².